The van der Waals surface area contributed by atoms with Gasteiger partial charge in [0.1, 0.15) is 5.41 Å². The van der Waals surface area contributed by atoms with Gasteiger partial charge in [-0.1, -0.05) is 127 Å². The molecule has 0 spiro atoms. The van der Waals surface area contributed by atoms with E-state index >= 15 is 0 Å². The van der Waals surface area contributed by atoms with Gasteiger partial charge in [0.25, 0.3) is 0 Å². The molecule has 0 saturated carbocycles. The number of pyridine rings is 1. The maximum atomic E-state index is 5.53. The van der Waals surface area contributed by atoms with Crippen LogP contribution in [0.1, 0.15) is 33.8 Å². The predicted octanol–water partition coefficient (Wildman–Crippen LogP) is 9.67. The molecular weight excluding hydrogens is 639 g/mol. The van der Waals surface area contributed by atoms with E-state index in [1.54, 1.807) is 6.20 Å². The van der Waals surface area contributed by atoms with Crippen molar-refractivity contribution in [2.75, 3.05) is 0 Å². The van der Waals surface area contributed by atoms with Crippen molar-refractivity contribution in [2.45, 2.75) is 12.3 Å². The van der Waals surface area contributed by atoms with E-state index in [9.17, 15) is 0 Å². The fourth-order valence-corrected chi connectivity index (χ4v) is 7.69. The highest BCUT2D eigenvalue weighted by Crippen LogP contribution is 2.44. The summed E-state index contributed by atoms with van der Waals surface area (Å²) >= 11 is 0. The standard InChI is InChI=1S/C45H33N7/c1-31-35(26-28-46-2)36-22-12-14-24-39(36)51(31)43-48-42(49-44(50-43)52-40-25-15-13-23-37(40)38-27-29-47-30-41(38)52)45(32-16-6-3-7-17-32,33-18-8-4-9-19-33)34-20-10-5-11-21-34/h3-30H,2H2,1H3/b28-26-. The Bertz CT molecular complexity index is 2610. The zero-order valence-corrected chi connectivity index (χ0v) is 28.5. The lowest BCUT2D eigenvalue weighted by Crippen LogP contribution is -2.34. The number of aromatic nitrogens is 6. The monoisotopic (exact) mass is 671 g/mol. The third-order valence-electron chi connectivity index (χ3n) is 9.95. The van der Waals surface area contributed by atoms with Crippen molar-refractivity contribution in [1.29, 1.82) is 0 Å². The van der Waals surface area contributed by atoms with Gasteiger partial charge in [0.05, 0.1) is 22.7 Å². The molecule has 0 aliphatic rings. The highest BCUT2D eigenvalue weighted by atomic mass is 15.3. The summed E-state index contributed by atoms with van der Waals surface area (Å²) in [4.78, 5) is 25.0. The number of fused-ring (bicyclic) bond motifs is 4. The number of benzene rings is 5. The van der Waals surface area contributed by atoms with Crippen LogP contribution in [0, 0.1) is 6.92 Å². The van der Waals surface area contributed by atoms with Gasteiger partial charge in [-0.25, -0.2) is 0 Å². The quantitative estimate of drug-likeness (QED) is 0.119. The van der Waals surface area contributed by atoms with Crippen molar-refractivity contribution >= 4 is 45.5 Å². The normalized spacial score (nSPS) is 11.9. The van der Waals surface area contributed by atoms with E-state index in [0.29, 0.717) is 17.7 Å². The Balaban J connectivity index is 1.47. The van der Waals surface area contributed by atoms with Gasteiger partial charge in [0.2, 0.25) is 11.9 Å². The third kappa shape index (κ3) is 4.78. The molecular formula is C45H33N7. The Morgan fingerprint density at radius 1 is 0.558 bits per heavy atom. The number of nitrogens with zero attached hydrogens (tertiary/aromatic N) is 7. The number of rotatable bonds is 8. The van der Waals surface area contributed by atoms with Crippen molar-refractivity contribution in [3.05, 3.63) is 198 Å². The molecule has 0 atom stereocenters. The van der Waals surface area contributed by atoms with Crippen LogP contribution in [0.3, 0.4) is 0 Å². The lowest BCUT2D eigenvalue weighted by molar-refractivity contribution is 0.657. The fourth-order valence-electron chi connectivity index (χ4n) is 7.69. The van der Waals surface area contributed by atoms with Crippen LogP contribution in [0.2, 0.25) is 0 Å². The molecule has 0 radical (unpaired) electrons. The lowest BCUT2D eigenvalue weighted by atomic mass is 9.68. The van der Waals surface area contributed by atoms with E-state index < -0.39 is 5.41 Å². The number of para-hydroxylation sites is 2. The molecule has 248 valence electrons. The first-order valence-corrected chi connectivity index (χ1v) is 17.2. The summed E-state index contributed by atoms with van der Waals surface area (Å²) in [6, 6.07) is 50.3. The van der Waals surface area contributed by atoms with Crippen LogP contribution in [-0.4, -0.2) is 35.8 Å². The topological polar surface area (TPSA) is 73.8 Å². The first-order chi connectivity index (χ1) is 25.7. The Morgan fingerprint density at radius 2 is 1.06 bits per heavy atom. The first-order valence-electron chi connectivity index (χ1n) is 17.2. The van der Waals surface area contributed by atoms with Crippen molar-refractivity contribution < 1.29 is 0 Å². The summed E-state index contributed by atoms with van der Waals surface area (Å²) in [6.07, 6.45) is 7.43. The summed E-state index contributed by atoms with van der Waals surface area (Å²) in [5, 5.41) is 3.22. The van der Waals surface area contributed by atoms with Crippen molar-refractivity contribution in [1.82, 2.24) is 29.1 Å². The van der Waals surface area contributed by atoms with Crippen molar-refractivity contribution in [3.63, 3.8) is 0 Å². The van der Waals surface area contributed by atoms with Gasteiger partial charge in [-0.3, -0.25) is 19.1 Å². The van der Waals surface area contributed by atoms with Crippen LogP contribution in [0.5, 0.6) is 0 Å². The molecule has 4 heterocycles. The van der Waals surface area contributed by atoms with Gasteiger partial charge >= 0.3 is 0 Å². The van der Waals surface area contributed by atoms with Gasteiger partial charge in [0.15, 0.2) is 5.82 Å². The van der Waals surface area contributed by atoms with E-state index in [0.717, 1.165) is 60.7 Å². The second-order valence-electron chi connectivity index (χ2n) is 12.7. The molecule has 0 aliphatic carbocycles. The molecule has 5 aromatic carbocycles. The van der Waals surface area contributed by atoms with Crippen LogP contribution in [0.25, 0.3) is 50.7 Å². The number of hydrogen-bond donors (Lipinski definition) is 0. The number of aliphatic imine (C=N–C) groups is 1. The highest BCUT2D eigenvalue weighted by Gasteiger charge is 2.42. The molecule has 9 aromatic rings. The zero-order chi connectivity index (χ0) is 35.1. The minimum atomic E-state index is -0.917. The lowest BCUT2D eigenvalue weighted by Gasteiger charge is -2.35. The molecule has 0 aliphatic heterocycles. The maximum absolute atomic E-state index is 5.53. The molecule has 52 heavy (non-hydrogen) atoms. The second-order valence-corrected chi connectivity index (χ2v) is 12.7. The SMILES string of the molecule is C=N/C=C\c1c(C)n(-c2nc(-n3c4ccccc4c4ccncc43)nc(C(c3ccccc3)(c3ccccc3)c3ccccc3)n2)c2ccccc12. The smallest absolute Gasteiger partial charge is 0.239 e. The average Bonchev–Trinajstić information content (AvgIpc) is 3.69. The molecule has 0 amide bonds. The van der Waals surface area contributed by atoms with Crippen LogP contribution in [0.4, 0.5) is 0 Å². The Kier molecular flexibility index (Phi) is 7.59. The molecule has 0 unspecified atom stereocenters. The summed E-state index contributed by atoms with van der Waals surface area (Å²) in [7, 11) is 0. The minimum absolute atomic E-state index is 0.494. The maximum Gasteiger partial charge on any atom is 0.239 e. The average molecular weight is 672 g/mol. The summed E-state index contributed by atoms with van der Waals surface area (Å²) < 4.78 is 4.24. The molecule has 7 heteroatoms. The van der Waals surface area contributed by atoms with Gasteiger partial charge in [-0.2, -0.15) is 15.0 Å². The Labute approximate surface area is 301 Å². The van der Waals surface area contributed by atoms with Gasteiger partial charge in [-0.15, -0.1) is 0 Å². The van der Waals surface area contributed by atoms with E-state index in [1.807, 2.05) is 54.9 Å². The molecule has 9 rings (SSSR count). The molecule has 0 fully saturated rings. The minimum Gasteiger partial charge on any atom is -0.282 e. The summed E-state index contributed by atoms with van der Waals surface area (Å²) in [5.74, 6) is 1.59. The van der Waals surface area contributed by atoms with Gasteiger partial charge in [0, 0.05) is 39.8 Å². The third-order valence-corrected chi connectivity index (χ3v) is 9.95. The van der Waals surface area contributed by atoms with Crippen molar-refractivity contribution in [3.8, 4) is 11.9 Å². The van der Waals surface area contributed by atoms with Crippen molar-refractivity contribution in [2.24, 2.45) is 4.99 Å². The predicted molar refractivity (Wildman–Crippen MR) is 210 cm³/mol. The van der Waals surface area contributed by atoms with Crippen LogP contribution in [0.15, 0.2) is 169 Å². The first kappa shape index (κ1) is 31.0. The van der Waals surface area contributed by atoms with Crippen LogP contribution < -0.4 is 0 Å². The van der Waals surface area contributed by atoms with E-state index in [-0.39, 0.29) is 0 Å². The van der Waals surface area contributed by atoms with Gasteiger partial charge < -0.3 is 0 Å². The summed E-state index contributed by atoms with van der Waals surface area (Å²) in [6.45, 7) is 5.77. The number of hydrogen-bond acceptors (Lipinski definition) is 5. The fraction of sp³-hybridized carbons (Fsp3) is 0.0444. The van der Waals surface area contributed by atoms with E-state index in [1.165, 1.54) is 0 Å². The summed E-state index contributed by atoms with van der Waals surface area (Å²) in [5.41, 5.74) is 7.04. The van der Waals surface area contributed by atoms with E-state index in [2.05, 4.69) is 142 Å². The van der Waals surface area contributed by atoms with Crippen LogP contribution >= 0.6 is 0 Å². The zero-order valence-electron chi connectivity index (χ0n) is 28.5. The highest BCUT2D eigenvalue weighted by molar-refractivity contribution is 6.08. The Morgan fingerprint density at radius 3 is 1.65 bits per heavy atom. The van der Waals surface area contributed by atoms with E-state index in [4.69, 9.17) is 15.0 Å². The molecule has 0 saturated heterocycles. The van der Waals surface area contributed by atoms with Crippen LogP contribution in [-0.2, 0) is 5.41 Å². The molecule has 0 bridgehead atoms. The molecule has 0 N–H and O–H groups in total. The molecule has 4 aromatic heterocycles. The van der Waals surface area contributed by atoms with Gasteiger partial charge in [-0.05, 0) is 54.6 Å². The largest absolute Gasteiger partial charge is 0.282 e. The molecule has 7 nitrogen and oxygen atoms in total. The Hall–Kier alpha value is -6.99. The second kappa shape index (κ2) is 12.7.